The van der Waals surface area contributed by atoms with Gasteiger partial charge in [0.15, 0.2) is 0 Å². The number of hydrogen-bond acceptors (Lipinski definition) is 3. The van der Waals surface area contributed by atoms with E-state index < -0.39 is 9.84 Å². The molecular weight excluding hydrogens is 258 g/mol. The second-order valence-corrected chi connectivity index (χ2v) is 7.85. The van der Waals surface area contributed by atoms with Crippen LogP contribution in [0.4, 0.5) is 0 Å². The van der Waals surface area contributed by atoms with Crippen molar-refractivity contribution < 1.29 is 8.42 Å². The Labute approximate surface area is 117 Å². The lowest BCUT2D eigenvalue weighted by atomic mass is 9.95. The summed E-state index contributed by atoms with van der Waals surface area (Å²) in [4.78, 5) is 0. The van der Waals surface area contributed by atoms with E-state index in [1.165, 1.54) is 17.4 Å². The average Bonchev–Trinajstić information content (AvgIpc) is 2.29. The maximum Gasteiger partial charge on any atom is 0.147 e. The molecule has 0 saturated heterocycles. The molecule has 1 atom stereocenters. The van der Waals surface area contributed by atoms with Gasteiger partial charge in [0.1, 0.15) is 9.84 Å². The van der Waals surface area contributed by atoms with E-state index in [4.69, 9.17) is 0 Å². The molecule has 0 bridgehead atoms. The molecule has 0 heterocycles. The maximum absolute atomic E-state index is 11.3. The van der Waals surface area contributed by atoms with Crippen LogP contribution in [0, 0.1) is 6.92 Å². The highest BCUT2D eigenvalue weighted by Gasteiger charge is 2.14. The van der Waals surface area contributed by atoms with Crippen LogP contribution in [0.15, 0.2) is 24.3 Å². The number of hydrogen-bond donors (Lipinski definition) is 1. The van der Waals surface area contributed by atoms with Gasteiger partial charge in [-0.1, -0.05) is 43.7 Å². The molecule has 0 aliphatic heterocycles. The Morgan fingerprint density at radius 1 is 1.16 bits per heavy atom. The van der Waals surface area contributed by atoms with Crippen LogP contribution >= 0.6 is 0 Å². The monoisotopic (exact) mass is 283 g/mol. The molecule has 1 aromatic carbocycles. The first-order valence-corrected chi connectivity index (χ1v) is 8.81. The minimum atomic E-state index is -2.90. The Bertz CT molecular complexity index is 477. The fourth-order valence-electron chi connectivity index (χ4n) is 1.96. The summed E-state index contributed by atoms with van der Waals surface area (Å²) < 4.78 is 22.7. The number of benzene rings is 1. The first kappa shape index (κ1) is 16.2. The maximum atomic E-state index is 11.3. The summed E-state index contributed by atoms with van der Waals surface area (Å²) in [5, 5.41) is 3.40. The lowest BCUT2D eigenvalue weighted by Crippen LogP contribution is -2.29. The van der Waals surface area contributed by atoms with Crippen molar-refractivity contribution in [3.05, 3.63) is 35.4 Å². The van der Waals surface area contributed by atoms with Crippen LogP contribution in [0.1, 0.15) is 37.3 Å². The largest absolute Gasteiger partial charge is 0.314 e. The third-order valence-corrected chi connectivity index (χ3v) is 4.14. The molecule has 1 unspecified atom stereocenters. The number of aryl methyl sites for hydroxylation is 1. The molecule has 0 aliphatic carbocycles. The molecule has 3 nitrogen and oxygen atoms in total. The van der Waals surface area contributed by atoms with E-state index in [1.54, 1.807) is 0 Å². The van der Waals surface area contributed by atoms with Crippen LogP contribution < -0.4 is 5.32 Å². The predicted octanol–water partition coefficient (Wildman–Crippen LogP) is 2.51. The summed E-state index contributed by atoms with van der Waals surface area (Å²) >= 11 is 0. The van der Waals surface area contributed by atoms with Crippen LogP contribution in [0.25, 0.3) is 0 Å². The van der Waals surface area contributed by atoms with Crippen LogP contribution in [0.3, 0.4) is 0 Å². The zero-order valence-corrected chi connectivity index (χ0v) is 13.1. The molecule has 0 saturated carbocycles. The van der Waals surface area contributed by atoms with Gasteiger partial charge < -0.3 is 5.32 Å². The van der Waals surface area contributed by atoms with Crippen molar-refractivity contribution in [2.75, 3.05) is 18.6 Å². The molecule has 108 valence electrons. The molecule has 1 aromatic rings. The van der Waals surface area contributed by atoms with E-state index in [9.17, 15) is 8.42 Å². The van der Waals surface area contributed by atoms with Crippen molar-refractivity contribution >= 4 is 9.84 Å². The third kappa shape index (κ3) is 6.73. The van der Waals surface area contributed by atoms with Gasteiger partial charge in [0.05, 0.1) is 5.75 Å². The van der Waals surface area contributed by atoms with Gasteiger partial charge in [0.25, 0.3) is 0 Å². The second-order valence-electron chi connectivity index (χ2n) is 5.59. The smallest absolute Gasteiger partial charge is 0.147 e. The van der Waals surface area contributed by atoms with Crippen LogP contribution in [-0.2, 0) is 9.84 Å². The molecule has 0 spiro atoms. The zero-order chi connectivity index (χ0) is 14.5. The Morgan fingerprint density at radius 2 is 1.74 bits per heavy atom. The van der Waals surface area contributed by atoms with Gasteiger partial charge in [0.2, 0.25) is 0 Å². The summed E-state index contributed by atoms with van der Waals surface area (Å²) in [6.07, 6.45) is 1.97. The van der Waals surface area contributed by atoms with E-state index in [1.807, 2.05) is 0 Å². The van der Waals surface area contributed by atoms with E-state index >= 15 is 0 Å². The van der Waals surface area contributed by atoms with Crippen molar-refractivity contribution in [1.82, 2.24) is 5.32 Å². The minimum Gasteiger partial charge on any atom is -0.314 e. The molecule has 1 N–H and O–H groups in total. The van der Waals surface area contributed by atoms with Crippen molar-refractivity contribution in [2.45, 2.75) is 39.2 Å². The van der Waals surface area contributed by atoms with E-state index in [0.717, 1.165) is 6.54 Å². The van der Waals surface area contributed by atoms with Gasteiger partial charge >= 0.3 is 0 Å². The predicted molar refractivity (Wildman–Crippen MR) is 81.4 cm³/mol. The molecule has 0 fully saturated rings. The van der Waals surface area contributed by atoms with E-state index in [-0.39, 0.29) is 11.7 Å². The molecule has 0 amide bonds. The summed E-state index contributed by atoms with van der Waals surface area (Å²) in [5.74, 6) is 0.489. The Kier molecular flexibility index (Phi) is 6.01. The van der Waals surface area contributed by atoms with E-state index in [2.05, 4.69) is 50.4 Å². The fraction of sp³-hybridized carbons (Fsp3) is 0.600. The topological polar surface area (TPSA) is 46.2 Å². The average molecular weight is 283 g/mol. The highest BCUT2D eigenvalue weighted by atomic mass is 32.2. The Hall–Kier alpha value is -0.870. The van der Waals surface area contributed by atoms with Crippen molar-refractivity contribution in [2.24, 2.45) is 0 Å². The summed E-state index contributed by atoms with van der Waals surface area (Å²) in [7, 11) is -2.90. The van der Waals surface area contributed by atoms with Gasteiger partial charge in [-0.05, 0) is 24.8 Å². The fourth-order valence-corrected chi connectivity index (χ4v) is 2.67. The van der Waals surface area contributed by atoms with E-state index in [0.29, 0.717) is 12.5 Å². The Balaban J connectivity index is 2.76. The van der Waals surface area contributed by atoms with Crippen molar-refractivity contribution in [3.8, 4) is 0 Å². The molecule has 0 radical (unpaired) electrons. The van der Waals surface area contributed by atoms with Crippen LogP contribution in [-0.4, -0.2) is 33.0 Å². The lowest BCUT2D eigenvalue weighted by Gasteiger charge is -2.19. The third-order valence-electron chi connectivity index (χ3n) is 3.16. The standard InChI is InChI=1S/C15H25NO2S/c1-12(2)16-11-15(9-10-19(4,17)18)14-7-5-13(3)6-8-14/h5-8,12,15-16H,9-11H2,1-4H3. The van der Waals surface area contributed by atoms with Crippen LogP contribution in [0.2, 0.25) is 0 Å². The van der Waals surface area contributed by atoms with Gasteiger partial charge in [0, 0.05) is 18.8 Å². The van der Waals surface area contributed by atoms with Gasteiger partial charge in [-0.2, -0.15) is 0 Å². The SMILES string of the molecule is Cc1ccc(C(CCS(C)(=O)=O)CNC(C)C)cc1. The number of nitrogens with one attached hydrogen (secondary N) is 1. The molecular formula is C15H25NO2S. The molecule has 4 heteroatoms. The van der Waals surface area contributed by atoms with Crippen molar-refractivity contribution in [3.63, 3.8) is 0 Å². The van der Waals surface area contributed by atoms with Gasteiger partial charge in [-0.15, -0.1) is 0 Å². The summed E-state index contributed by atoms with van der Waals surface area (Å²) in [6, 6.07) is 8.77. The van der Waals surface area contributed by atoms with Gasteiger partial charge in [-0.3, -0.25) is 0 Å². The van der Waals surface area contributed by atoms with Gasteiger partial charge in [-0.25, -0.2) is 8.42 Å². The Morgan fingerprint density at radius 3 is 2.21 bits per heavy atom. The lowest BCUT2D eigenvalue weighted by molar-refractivity contribution is 0.517. The molecule has 19 heavy (non-hydrogen) atoms. The van der Waals surface area contributed by atoms with Crippen molar-refractivity contribution in [1.29, 1.82) is 0 Å². The minimum absolute atomic E-state index is 0.241. The quantitative estimate of drug-likeness (QED) is 0.836. The zero-order valence-electron chi connectivity index (χ0n) is 12.3. The summed E-state index contributed by atoms with van der Waals surface area (Å²) in [6.45, 7) is 7.07. The molecule has 0 aromatic heterocycles. The number of rotatable bonds is 7. The first-order valence-electron chi connectivity index (χ1n) is 6.75. The molecule has 0 aliphatic rings. The highest BCUT2D eigenvalue weighted by Crippen LogP contribution is 2.20. The first-order chi connectivity index (χ1) is 8.78. The highest BCUT2D eigenvalue weighted by molar-refractivity contribution is 7.90. The second kappa shape index (κ2) is 7.06. The number of sulfone groups is 1. The molecule has 1 rings (SSSR count). The van der Waals surface area contributed by atoms with Crippen LogP contribution in [0.5, 0.6) is 0 Å². The summed E-state index contributed by atoms with van der Waals surface area (Å²) in [5.41, 5.74) is 2.44. The normalized spacial score (nSPS) is 13.7.